The first-order valence-corrected chi connectivity index (χ1v) is 4.44. The van der Waals surface area contributed by atoms with Gasteiger partial charge in [-0.25, -0.2) is 4.79 Å². The molecule has 5 heteroatoms. The first-order valence-electron chi connectivity index (χ1n) is 4.06. The molecule has 0 radical (unpaired) electrons. The lowest BCUT2D eigenvalue weighted by Crippen LogP contribution is -2.02. The predicted molar refractivity (Wildman–Crippen MR) is 46.9 cm³/mol. The van der Waals surface area contributed by atoms with Gasteiger partial charge in [-0.05, 0) is 12.8 Å². The minimum absolute atomic E-state index is 0.186. The molecule has 0 aliphatic heterocycles. The van der Waals surface area contributed by atoms with Crippen LogP contribution in [-0.2, 0) is 4.74 Å². The Hall–Kier alpha value is -1.03. The van der Waals surface area contributed by atoms with Gasteiger partial charge in [0.25, 0.3) is 0 Å². The second-order valence-corrected chi connectivity index (χ2v) is 3.44. The van der Waals surface area contributed by atoms with E-state index in [0.717, 1.165) is 18.5 Å². The summed E-state index contributed by atoms with van der Waals surface area (Å²) in [5, 5.41) is 7.00. The van der Waals surface area contributed by atoms with Crippen LogP contribution in [0.1, 0.15) is 34.9 Å². The van der Waals surface area contributed by atoms with Crippen LogP contribution in [0.3, 0.4) is 0 Å². The van der Waals surface area contributed by atoms with Crippen molar-refractivity contribution in [3.05, 3.63) is 16.4 Å². The van der Waals surface area contributed by atoms with Crippen molar-refractivity contribution < 1.29 is 9.53 Å². The van der Waals surface area contributed by atoms with Crippen molar-refractivity contribution in [3.63, 3.8) is 0 Å². The topological polar surface area (TPSA) is 55.0 Å². The zero-order valence-corrected chi connectivity index (χ0v) is 7.89. The van der Waals surface area contributed by atoms with Crippen LogP contribution < -0.4 is 0 Å². The van der Waals surface area contributed by atoms with Gasteiger partial charge in [0.2, 0.25) is 0 Å². The summed E-state index contributed by atoms with van der Waals surface area (Å²) in [5.74, 6) is -0.0356. The van der Waals surface area contributed by atoms with E-state index in [9.17, 15) is 4.79 Å². The van der Waals surface area contributed by atoms with Crippen molar-refractivity contribution >= 4 is 17.6 Å². The highest BCUT2D eigenvalue weighted by atomic mass is 35.5. The number of aromatic nitrogens is 2. The summed E-state index contributed by atoms with van der Waals surface area (Å²) < 4.78 is 4.52. The zero-order valence-electron chi connectivity index (χ0n) is 7.13. The molecule has 2 rings (SSSR count). The lowest BCUT2D eigenvalue weighted by molar-refractivity contribution is 0.0594. The Morgan fingerprint density at radius 2 is 2.38 bits per heavy atom. The number of hydrogen-bond donors (Lipinski definition) is 1. The fourth-order valence-electron chi connectivity index (χ4n) is 1.22. The van der Waals surface area contributed by atoms with Crippen molar-refractivity contribution in [2.75, 3.05) is 7.11 Å². The van der Waals surface area contributed by atoms with E-state index in [4.69, 9.17) is 11.6 Å². The molecular formula is C8H9ClN2O2. The van der Waals surface area contributed by atoms with Crippen molar-refractivity contribution in [3.8, 4) is 0 Å². The van der Waals surface area contributed by atoms with Gasteiger partial charge >= 0.3 is 5.97 Å². The highest BCUT2D eigenvalue weighted by Crippen LogP contribution is 2.42. The summed E-state index contributed by atoms with van der Waals surface area (Å²) in [5.41, 5.74) is 1.05. The van der Waals surface area contributed by atoms with Crippen molar-refractivity contribution in [1.29, 1.82) is 0 Å². The molecule has 0 amide bonds. The summed E-state index contributed by atoms with van der Waals surface area (Å²) in [6.45, 7) is 0. The third kappa shape index (κ3) is 1.42. The maximum absolute atomic E-state index is 11.1. The zero-order chi connectivity index (χ0) is 9.42. The Bertz CT molecular complexity index is 344. The predicted octanol–water partition coefficient (Wildman–Crippen LogP) is 1.73. The number of nitrogens with zero attached hydrogens (tertiary/aromatic N) is 1. The van der Waals surface area contributed by atoms with E-state index >= 15 is 0 Å². The quantitative estimate of drug-likeness (QED) is 0.740. The van der Waals surface area contributed by atoms with Gasteiger partial charge in [0.05, 0.1) is 17.8 Å². The maximum atomic E-state index is 11.1. The van der Waals surface area contributed by atoms with Gasteiger partial charge in [-0.3, -0.25) is 5.10 Å². The second kappa shape index (κ2) is 3.03. The molecule has 1 saturated carbocycles. The van der Waals surface area contributed by atoms with Crippen LogP contribution in [0.2, 0.25) is 5.02 Å². The first kappa shape index (κ1) is 8.56. The van der Waals surface area contributed by atoms with E-state index in [1.165, 1.54) is 7.11 Å². The van der Waals surface area contributed by atoms with Crippen LogP contribution in [-0.4, -0.2) is 23.3 Å². The second-order valence-electron chi connectivity index (χ2n) is 3.07. The molecule has 1 heterocycles. The average Bonchev–Trinajstić information content (AvgIpc) is 2.90. The Kier molecular flexibility index (Phi) is 2.00. The van der Waals surface area contributed by atoms with Gasteiger partial charge in [-0.15, -0.1) is 0 Å². The number of rotatable bonds is 2. The van der Waals surface area contributed by atoms with E-state index in [1.807, 2.05) is 0 Å². The van der Waals surface area contributed by atoms with Crippen LogP contribution in [0.25, 0.3) is 0 Å². The number of methoxy groups -OCH3 is 1. The van der Waals surface area contributed by atoms with Gasteiger partial charge in [0, 0.05) is 5.92 Å². The van der Waals surface area contributed by atoms with E-state index in [0.29, 0.717) is 10.9 Å². The molecule has 0 bridgehead atoms. The summed E-state index contributed by atoms with van der Waals surface area (Å²) in [4.78, 5) is 11.1. The molecule has 4 nitrogen and oxygen atoms in total. The molecule has 1 aromatic heterocycles. The van der Waals surface area contributed by atoms with Crippen LogP contribution in [0.4, 0.5) is 0 Å². The molecule has 70 valence electrons. The molecule has 0 unspecified atom stereocenters. The largest absolute Gasteiger partial charge is 0.464 e. The van der Waals surface area contributed by atoms with E-state index in [1.54, 1.807) is 0 Å². The molecular weight excluding hydrogens is 192 g/mol. The molecule has 0 atom stereocenters. The number of H-pyrrole nitrogens is 1. The minimum atomic E-state index is -0.492. The molecule has 1 N–H and O–H groups in total. The third-order valence-electron chi connectivity index (χ3n) is 2.10. The van der Waals surface area contributed by atoms with Crippen LogP contribution in [0, 0.1) is 0 Å². The number of carbonyl (C=O) groups excluding carboxylic acids is 1. The van der Waals surface area contributed by atoms with Gasteiger partial charge in [-0.2, -0.15) is 5.10 Å². The van der Waals surface area contributed by atoms with Gasteiger partial charge in [0.1, 0.15) is 0 Å². The third-order valence-corrected chi connectivity index (χ3v) is 2.48. The SMILES string of the molecule is COC(=O)c1n[nH]c(C2CC2)c1Cl. The average molecular weight is 201 g/mol. The van der Waals surface area contributed by atoms with E-state index in [2.05, 4.69) is 14.9 Å². The summed E-state index contributed by atoms with van der Waals surface area (Å²) >= 11 is 5.94. The fourth-order valence-corrected chi connectivity index (χ4v) is 1.53. The van der Waals surface area contributed by atoms with Crippen LogP contribution in [0.15, 0.2) is 0 Å². The first-order chi connectivity index (χ1) is 6.24. The highest BCUT2D eigenvalue weighted by Gasteiger charge is 2.30. The molecule has 1 aliphatic rings. The minimum Gasteiger partial charge on any atom is -0.464 e. The fraction of sp³-hybridized carbons (Fsp3) is 0.500. The lowest BCUT2D eigenvalue weighted by atomic mass is 10.2. The van der Waals surface area contributed by atoms with Crippen LogP contribution in [0.5, 0.6) is 0 Å². The molecule has 0 aromatic carbocycles. The number of esters is 1. The van der Waals surface area contributed by atoms with Crippen molar-refractivity contribution in [2.45, 2.75) is 18.8 Å². The number of nitrogens with one attached hydrogen (secondary N) is 1. The van der Waals surface area contributed by atoms with E-state index in [-0.39, 0.29) is 5.69 Å². The number of carbonyl (C=O) groups is 1. The smallest absolute Gasteiger partial charge is 0.360 e. The van der Waals surface area contributed by atoms with Crippen LogP contribution >= 0.6 is 11.6 Å². The Balaban J connectivity index is 2.32. The number of hydrogen-bond acceptors (Lipinski definition) is 3. The van der Waals surface area contributed by atoms with Crippen molar-refractivity contribution in [1.82, 2.24) is 10.2 Å². The summed E-state index contributed by atoms with van der Waals surface area (Å²) in [7, 11) is 1.31. The Morgan fingerprint density at radius 1 is 1.69 bits per heavy atom. The van der Waals surface area contributed by atoms with Gasteiger partial charge in [-0.1, -0.05) is 11.6 Å². The molecule has 1 fully saturated rings. The monoisotopic (exact) mass is 200 g/mol. The van der Waals surface area contributed by atoms with Crippen molar-refractivity contribution in [2.24, 2.45) is 0 Å². The standard InChI is InChI=1S/C8H9ClN2O2/c1-13-8(12)7-5(9)6(10-11-7)4-2-3-4/h4H,2-3H2,1H3,(H,10,11). The number of aromatic amines is 1. The molecule has 1 aromatic rings. The Labute approximate surface area is 80.2 Å². The number of halogens is 1. The maximum Gasteiger partial charge on any atom is 0.360 e. The normalized spacial score (nSPS) is 15.8. The van der Waals surface area contributed by atoms with E-state index < -0.39 is 5.97 Å². The number of ether oxygens (including phenoxy) is 1. The Morgan fingerprint density at radius 3 is 2.92 bits per heavy atom. The summed E-state index contributed by atoms with van der Waals surface area (Å²) in [6.07, 6.45) is 2.23. The molecule has 0 saturated heterocycles. The molecule has 1 aliphatic carbocycles. The van der Waals surface area contributed by atoms with Gasteiger partial charge < -0.3 is 4.74 Å². The van der Waals surface area contributed by atoms with Gasteiger partial charge in [0.15, 0.2) is 5.69 Å². The summed E-state index contributed by atoms with van der Waals surface area (Å²) in [6, 6.07) is 0. The highest BCUT2D eigenvalue weighted by molar-refractivity contribution is 6.34. The molecule has 0 spiro atoms. The lowest BCUT2D eigenvalue weighted by Gasteiger charge is -1.94. The molecule has 13 heavy (non-hydrogen) atoms.